The zero-order chi connectivity index (χ0) is 19.1. The Morgan fingerprint density at radius 1 is 1.04 bits per heavy atom. The third kappa shape index (κ3) is 3.10. The van der Waals surface area contributed by atoms with E-state index in [0.717, 1.165) is 17.8 Å². The summed E-state index contributed by atoms with van der Waals surface area (Å²) < 4.78 is 38.7. The number of benzene rings is 1. The molecule has 26 heavy (non-hydrogen) atoms. The molecule has 3 rings (SSSR count). The Morgan fingerprint density at radius 2 is 1.65 bits per heavy atom. The van der Waals surface area contributed by atoms with Gasteiger partial charge in [0.2, 0.25) is 11.6 Å². The molecular weight excluding hydrogens is 367 g/mol. The molecule has 0 fully saturated rings. The lowest BCUT2D eigenvalue weighted by Crippen LogP contribution is -2.27. The molecule has 1 heterocycles. The molecule has 1 N–H and O–H groups in total. The van der Waals surface area contributed by atoms with Gasteiger partial charge in [-0.25, -0.2) is 9.97 Å². The number of halogens is 3. The Labute approximate surface area is 150 Å². The number of fused-ring (bicyclic) bond motifs is 1. The highest BCUT2D eigenvalue weighted by atomic mass is 32.2. The van der Waals surface area contributed by atoms with Gasteiger partial charge in [0, 0.05) is 18.1 Å². The Balaban J connectivity index is 2.02. The normalized spacial score (nSPS) is 14.5. The first-order chi connectivity index (χ1) is 12.2. The average Bonchev–Trinajstić information content (AvgIpc) is 2.59. The van der Waals surface area contributed by atoms with Crippen molar-refractivity contribution >= 4 is 29.0 Å². The maximum absolute atomic E-state index is 12.9. The molecule has 9 heteroatoms. The second-order valence-electron chi connectivity index (χ2n) is 5.47. The van der Waals surface area contributed by atoms with E-state index >= 15 is 0 Å². The van der Waals surface area contributed by atoms with Gasteiger partial charge in [-0.2, -0.15) is 13.2 Å². The summed E-state index contributed by atoms with van der Waals surface area (Å²) in [5.41, 5.74) is -0.620. The lowest BCUT2D eigenvalue weighted by Gasteiger charge is -2.20. The summed E-state index contributed by atoms with van der Waals surface area (Å²) >= 11 is 1.06. The zero-order valence-electron chi connectivity index (χ0n) is 13.6. The molecule has 0 saturated heterocycles. The number of carbonyl (C=O) groups is 2. The van der Waals surface area contributed by atoms with Gasteiger partial charge in [-0.1, -0.05) is 0 Å². The van der Waals surface area contributed by atoms with Gasteiger partial charge in [-0.05, 0) is 36.9 Å². The smallest absolute Gasteiger partial charge is 0.351 e. The molecule has 1 aliphatic rings. The summed E-state index contributed by atoms with van der Waals surface area (Å²) in [4.78, 5) is 33.2. The molecule has 0 saturated carbocycles. The molecule has 0 radical (unpaired) electrons. The van der Waals surface area contributed by atoms with Gasteiger partial charge in [-0.3, -0.25) is 9.59 Å². The number of aryl methyl sites for hydroxylation is 1. The summed E-state index contributed by atoms with van der Waals surface area (Å²) in [7, 11) is 0. The van der Waals surface area contributed by atoms with Gasteiger partial charge in [0.25, 0.3) is 0 Å². The fraction of sp³-hybridized carbons (Fsp3) is 0.176. The Hall–Kier alpha value is -2.68. The number of alkyl halides is 3. The van der Waals surface area contributed by atoms with Crippen LogP contribution in [0, 0.1) is 6.92 Å². The monoisotopic (exact) mass is 379 g/mol. The van der Waals surface area contributed by atoms with E-state index in [1.807, 2.05) is 0 Å². The number of rotatable bonds is 3. The number of nitrogens with one attached hydrogen (secondary N) is 1. The molecule has 0 amide bonds. The molecule has 1 aromatic carbocycles. The number of allylic oxidation sites excluding steroid dienone is 2. The summed E-state index contributed by atoms with van der Waals surface area (Å²) in [5.74, 6) is -0.985. The SMILES string of the molecule is CSC1=C(Nc2ccc(C(F)(F)F)c(C)c2)C(=O)c2nccnc2C1=O. The standard InChI is InChI=1S/C17H12F3N3O2S/c1-8-7-9(3-4-10(8)17(18,19)20)23-13-14(24)11-12(22-6-5-21-11)15(25)16(13)26-2/h3-7,23H,1-2H3. The number of anilines is 1. The Kier molecular flexibility index (Phi) is 4.57. The number of hydrogen-bond acceptors (Lipinski definition) is 6. The lowest BCUT2D eigenvalue weighted by molar-refractivity contribution is -0.138. The van der Waals surface area contributed by atoms with Crippen LogP contribution in [-0.4, -0.2) is 27.8 Å². The van der Waals surface area contributed by atoms with Crippen LogP contribution >= 0.6 is 11.8 Å². The Morgan fingerprint density at radius 3 is 2.19 bits per heavy atom. The van der Waals surface area contributed by atoms with Crippen molar-refractivity contribution in [3.8, 4) is 0 Å². The summed E-state index contributed by atoms with van der Waals surface area (Å²) in [6, 6.07) is 3.42. The van der Waals surface area contributed by atoms with Crippen LogP contribution in [-0.2, 0) is 6.18 Å². The van der Waals surface area contributed by atoms with Gasteiger partial charge in [-0.15, -0.1) is 11.8 Å². The largest absolute Gasteiger partial charge is 0.416 e. The highest BCUT2D eigenvalue weighted by Crippen LogP contribution is 2.34. The molecule has 0 bridgehead atoms. The maximum atomic E-state index is 12.9. The van der Waals surface area contributed by atoms with E-state index in [2.05, 4.69) is 15.3 Å². The van der Waals surface area contributed by atoms with E-state index in [1.54, 1.807) is 6.26 Å². The van der Waals surface area contributed by atoms with Crippen molar-refractivity contribution in [1.82, 2.24) is 9.97 Å². The van der Waals surface area contributed by atoms with Crippen LogP contribution < -0.4 is 5.32 Å². The van der Waals surface area contributed by atoms with Crippen molar-refractivity contribution in [2.45, 2.75) is 13.1 Å². The predicted molar refractivity (Wildman–Crippen MR) is 91.0 cm³/mol. The minimum absolute atomic E-state index is 0.00331. The molecular formula is C17H12F3N3O2S. The molecule has 0 atom stereocenters. The minimum atomic E-state index is -4.46. The van der Waals surface area contributed by atoms with Crippen LogP contribution in [0.3, 0.4) is 0 Å². The van der Waals surface area contributed by atoms with Gasteiger partial charge in [0.15, 0.2) is 0 Å². The molecule has 2 aromatic rings. The van der Waals surface area contributed by atoms with Crippen LogP contribution in [0.15, 0.2) is 41.2 Å². The highest BCUT2D eigenvalue weighted by molar-refractivity contribution is 8.03. The zero-order valence-corrected chi connectivity index (χ0v) is 14.5. The molecule has 0 unspecified atom stereocenters. The maximum Gasteiger partial charge on any atom is 0.416 e. The van der Waals surface area contributed by atoms with Crippen molar-refractivity contribution in [2.24, 2.45) is 0 Å². The molecule has 5 nitrogen and oxygen atoms in total. The third-order valence-corrected chi connectivity index (χ3v) is 4.59. The van der Waals surface area contributed by atoms with Crippen molar-refractivity contribution < 1.29 is 22.8 Å². The van der Waals surface area contributed by atoms with Crippen molar-refractivity contribution in [3.05, 3.63) is 63.7 Å². The first-order valence-corrected chi connectivity index (χ1v) is 8.60. The van der Waals surface area contributed by atoms with E-state index < -0.39 is 23.3 Å². The van der Waals surface area contributed by atoms with E-state index in [-0.39, 0.29) is 33.2 Å². The van der Waals surface area contributed by atoms with E-state index in [1.165, 1.54) is 31.5 Å². The van der Waals surface area contributed by atoms with Gasteiger partial charge < -0.3 is 5.32 Å². The van der Waals surface area contributed by atoms with E-state index in [0.29, 0.717) is 0 Å². The average molecular weight is 379 g/mol. The first kappa shape index (κ1) is 18.1. The second-order valence-corrected chi connectivity index (χ2v) is 6.29. The number of ketones is 2. The van der Waals surface area contributed by atoms with Crippen LogP contribution in [0.2, 0.25) is 0 Å². The number of carbonyl (C=O) groups excluding carboxylic acids is 2. The van der Waals surface area contributed by atoms with Crippen LogP contribution in [0.25, 0.3) is 0 Å². The minimum Gasteiger partial charge on any atom is -0.351 e. The fourth-order valence-electron chi connectivity index (χ4n) is 2.63. The number of Topliss-reactive ketones (excluding diaryl/α,β-unsaturated/α-hetero) is 2. The van der Waals surface area contributed by atoms with Crippen LogP contribution in [0.1, 0.15) is 32.1 Å². The van der Waals surface area contributed by atoms with Crippen LogP contribution in [0.4, 0.5) is 18.9 Å². The summed E-state index contributed by atoms with van der Waals surface area (Å²) in [6.45, 7) is 1.33. The molecule has 1 aromatic heterocycles. The summed E-state index contributed by atoms with van der Waals surface area (Å²) in [6.07, 6.45) is -0.216. The number of nitrogens with zero attached hydrogens (tertiary/aromatic N) is 2. The number of thioether (sulfide) groups is 1. The fourth-order valence-corrected chi connectivity index (χ4v) is 3.25. The molecule has 1 aliphatic carbocycles. The predicted octanol–water partition coefficient (Wildman–Crippen LogP) is 3.87. The van der Waals surface area contributed by atoms with Gasteiger partial charge in [0.05, 0.1) is 10.5 Å². The van der Waals surface area contributed by atoms with Crippen molar-refractivity contribution in [3.63, 3.8) is 0 Å². The van der Waals surface area contributed by atoms with Crippen LogP contribution in [0.5, 0.6) is 0 Å². The third-order valence-electron chi connectivity index (χ3n) is 3.79. The molecule has 0 spiro atoms. The number of hydrogen-bond donors (Lipinski definition) is 1. The van der Waals surface area contributed by atoms with Crippen molar-refractivity contribution in [1.29, 1.82) is 0 Å². The quantitative estimate of drug-likeness (QED) is 0.873. The molecule has 0 aliphatic heterocycles. The number of aromatic nitrogens is 2. The highest BCUT2D eigenvalue weighted by Gasteiger charge is 2.35. The summed E-state index contributed by atoms with van der Waals surface area (Å²) in [5, 5.41) is 2.78. The van der Waals surface area contributed by atoms with E-state index in [4.69, 9.17) is 0 Å². The van der Waals surface area contributed by atoms with Gasteiger partial charge >= 0.3 is 6.18 Å². The second kappa shape index (κ2) is 6.56. The van der Waals surface area contributed by atoms with Gasteiger partial charge in [0.1, 0.15) is 17.1 Å². The molecule has 134 valence electrons. The lowest BCUT2D eigenvalue weighted by atomic mass is 10.0. The topological polar surface area (TPSA) is 72.0 Å². The Bertz CT molecular complexity index is 955. The van der Waals surface area contributed by atoms with Crippen molar-refractivity contribution in [2.75, 3.05) is 11.6 Å². The van der Waals surface area contributed by atoms with E-state index in [9.17, 15) is 22.8 Å². The first-order valence-electron chi connectivity index (χ1n) is 7.37.